The molecule has 1 saturated heterocycles. The lowest BCUT2D eigenvalue weighted by Gasteiger charge is -2.33. The van der Waals surface area contributed by atoms with Crippen LogP contribution in [-0.2, 0) is 6.54 Å². The zero-order chi connectivity index (χ0) is 13.1. The molecule has 10 heteroatoms. The Kier molecular flexibility index (Phi) is 4.25. The maximum atomic E-state index is 10.5. The van der Waals surface area contributed by atoms with E-state index in [-0.39, 0.29) is 0 Å². The molecule has 0 spiro atoms. The Balaban J connectivity index is 2.15. The molecule has 98 valence electrons. The second-order valence-corrected chi connectivity index (χ2v) is 6.20. The van der Waals surface area contributed by atoms with Gasteiger partial charge >= 0.3 is 0 Å². The van der Waals surface area contributed by atoms with Gasteiger partial charge in [-0.15, -0.1) is 23.1 Å². The predicted octanol–water partition coefficient (Wildman–Crippen LogP) is 1.74. The Bertz CT molecular complexity index is 480. The van der Waals surface area contributed by atoms with Crippen molar-refractivity contribution >= 4 is 40.7 Å². The van der Waals surface area contributed by atoms with Crippen molar-refractivity contribution in [2.75, 3.05) is 18.8 Å². The number of hydrogen-bond donors (Lipinski definition) is 0. The molecule has 1 aliphatic rings. The molecule has 0 N–H and O–H groups in total. The first kappa shape index (κ1) is 13.4. The number of nitrogens with zero attached hydrogens (tertiary/aromatic N) is 5. The highest BCUT2D eigenvalue weighted by molar-refractivity contribution is 7.99. The van der Waals surface area contributed by atoms with Gasteiger partial charge in [0.2, 0.25) is 0 Å². The fourth-order valence-electron chi connectivity index (χ4n) is 1.52. The average molecular weight is 308 g/mol. The van der Waals surface area contributed by atoms with E-state index in [1.807, 2.05) is 4.90 Å². The number of thioether (sulfide) groups is 1. The molecule has 0 amide bonds. The van der Waals surface area contributed by atoms with Crippen LogP contribution in [0.4, 0.5) is 0 Å². The predicted molar refractivity (Wildman–Crippen MR) is 72.2 cm³/mol. The van der Waals surface area contributed by atoms with Crippen LogP contribution in [0.2, 0.25) is 4.47 Å². The summed E-state index contributed by atoms with van der Waals surface area (Å²) in [5, 5.41) is 13.3. The first-order chi connectivity index (χ1) is 8.56. The first-order valence-electron chi connectivity index (χ1n) is 4.93. The van der Waals surface area contributed by atoms with Crippen molar-refractivity contribution in [2.24, 2.45) is 5.10 Å². The summed E-state index contributed by atoms with van der Waals surface area (Å²) >= 11 is 8.79. The highest BCUT2D eigenvalue weighted by Gasteiger charge is 2.25. The van der Waals surface area contributed by atoms with Crippen LogP contribution in [0, 0.1) is 10.1 Å². The van der Waals surface area contributed by atoms with E-state index < -0.39 is 5.03 Å². The van der Waals surface area contributed by atoms with E-state index >= 15 is 0 Å². The lowest BCUT2D eigenvalue weighted by molar-refractivity contribution is -0.486. The summed E-state index contributed by atoms with van der Waals surface area (Å²) in [5.41, 5.74) is 0. The van der Waals surface area contributed by atoms with Crippen LogP contribution >= 0.6 is 34.7 Å². The SMILES string of the molecule is CN1CSCN(Cc2cnc(Cl)s2)/C1=N\[N+](=O)[O-]. The van der Waals surface area contributed by atoms with Crippen molar-refractivity contribution in [2.45, 2.75) is 6.54 Å². The first-order valence-corrected chi connectivity index (χ1v) is 7.28. The Labute approximate surface area is 117 Å². The van der Waals surface area contributed by atoms with Gasteiger partial charge in [0.25, 0.3) is 5.96 Å². The van der Waals surface area contributed by atoms with Crippen LogP contribution in [0.25, 0.3) is 0 Å². The Hall–Kier alpha value is -1.06. The van der Waals surface area contributed by atoms with E-state index in [1.165, 1.54) is 11.3 Å². The third kappa shape index (κ3) is 3.24. The van der Waals surface area contributed by atoms with Gasteiger partial charge in [-0.2, -0.15) is 0 Å². The topological polar surface area (TPSA) is 74.9 Å². The van der Waals surface area contributed by atoms with E-state index in [2.05, 4.69) is 10.1 Å². The molecule has 0 saturated carbocycles. The number of aromatic nitrogens is 1. The van der Waals surface area contributed by atoms with Crippen LogP contribution < -0.4 is 0 Å². The van der Waals surface area contributed by atoms with Gasteiger partial charge in [-0.25, -0.2) is 15.1 Å². The van der Waals surface area contributed by atoms with Gasteiger partial charge in [0.1, 0.15) is 5.10 Å². The summed E-state index contributed by atoms with van der Waals surface area (Å²) in [6.07, 6.45) is 1.68. The number of hydrogen-bond acceptors (Lipinski definition) is 5. The van der Waals surface area contributed by atoms with Gasteiger partial charge in [-0.3, -0.25) is 0 Å². The highest BCUT2D eigenvalue weighted by Crippen LogP contribution is 2.23. The molecule has 0 aromatic carbocycles. The van der Waals surface area contributed by atoms with Crippen molar-refractivity contribution in [3.8, 4) is 0 Å². The maximum Gasteiger partial charge on any atom is 0.275 e. The summed E-state index contributed by atoms with van der Waals surface area (Å²) in [5.74, 6) is 1.71. The number of halogens is 1. The average Bonchev–Trinajstić information content (AvgIpc) is 2.69. The number of thiazole rings is 1. The largest absolute Gasteiger partial charge is 0.331 e. The van der Waals surface area contributed by atoms with Crippen LogP contribution in [0.1, 0.15) is 4.88 Å². The van der Waals surface area contributed by atoms with Crippen LogP contribution in [0.5, 0.6) is 0 Å². The molecule has 1 aliphatic heterocycles. The molecule has 1 aromatic rings. The Morgan fingerprint density at radius 2 is 2.44 bits per heavy atom. The fraction of sp³-hybridized carbons (Fsp3) is 0.500. The van der Waals surface area contributed by atoms with Crippen molar-refractivity contribution in [1.29, 1.82) is 0 Å². The second-order valence-electron chi connectivity index (χ2n) is 3.58. The molecule has 0 atom stereocenters. The third-order valence-electron chi connectivity index (χ3n) is 2.20. The summed E-state index contributed by atoms with van der Waals surface area (Å²) in [6, 6.07) is 0. The summed E-state index contributed by atoms with van der Waals surface area (Å²) in [4.78, 5) is 19.0. The molecule has 2 rings (SSSR count). The minimum Gasteiger partial charge on any atom is -0.331 e. The minimum atomic E-state index is -0.672. The van der Waals surface area contributed by atoms with E-state index in [9.17, 15) is 10.1 Å². The van der Waals surface area contributed by atoms with E-state index in [0.717, 1.165) is 4.88 Å². The van der Waals surface area contributed by atoms with Crippen LogP contribution in [0.3, 0.4) is 0 Å². The molecular weight excluding hydrogens is 298 g/mol. The Morgan fingerprint density at radius 3 is 3.06 bits per heavy atom. The monoisotopic (exact) mass is 307 g/mol. The van der Waals surface area contributed by atoms with Crippen molar-refractivity contribution in [1.82, 2.24) is 14.8 Å². The van der Waals surface area contributed by atoms with Crippen LogP contribution in [0.15, 0.2) is 11.3 Å². The summed E-state index contributed by atoms with van der Waals surface area (Å²) in [7, 11) is 1.78. The number of hydrazone groups is 1. The molecule has 2 heterocycles. The Morgan fingerprint density at radius 1 is 1.67 bits per heavy atom. The quantitative estimate of drug-likeness (QED) is 0.625. The summed E-state index contributed by atoms with van der Waals surface area (Å²) in [6.45, 7) is 0.522. The zero-order valence-electron chi connectivity index (χ0n) is 9.45. The van der Waals surface area contributed by atoms with E-state index in [4.69, 9.17) is 11.6 Å². The molecule has 1 fully saturated rings. The molecule has 0 aliphatic carbocycles. The second kappa shape index (κ2) is 5.72. The van der Waals surface area contributed by atoms with Gasteiger partial charge < -0.3 is 9.80 Å². The van der Waals surface area contributed by atoms with Gasteiger partial charge in [0.15, 0.2) is 9.50 Å². The van der Waals surface area contributed by atoms with Gasteiger partial charge in [-0.05, 0) is 0 Å². The molecule has 7 nitrogen and oxygen atoms in total. The van der Waals surface area contributed by atoms with Gasteiger partial charge in [-0.1, -0.05) is 11.6 Å². The molecule has 0 radical (unpaired) electrons. The number of guanidine groups is 1. The van der Waals surface area contributed by atoms with Crippen molar-refractivity contribution in [3.63, 3.8) is 0 Å². The highest BCUT2D eigenvalue weighted by atomic mass is 35.5. The van der Waals surface area contributed by atoms with Crippen LogP contribution in [-0.4, -0.2) is 44.6 Å². The molecule has 18 heavy (non-hydrogen) atoms. The lowest BCUT2D eigenvalue weighted by Crippen LogP contribution is -2.46. The zero-order valence-corrected chi connectivity index (χ0v) is 11.8. The molecule has 1 aromatic heterocycles. The normalized spacial score (nSPS) is 18.4. The fourth-order valence-corrected chi connectivity index (χ4v) is 3.41. The molecule has 0 bridgehead atoms. The van der Waals surface area contributed by atoms with Gasteiger partial charge in [0.05, 0.1) is 18.3 Å². The lowest BCUT2D eigenvalue weighted by atomic mass is 10.5. The third-order valence-corrected chi connectivity index (χ3v) is 4.36. The number of nitro groups is 1. The van der Waals surface area contributed by atoms with Gasteiger partial charge in [0, 0.05) is 18.1 Å². The maximum absolute atomic E-state index is 10.5. The summed E-state index contributed by atoms with van der Waals surface area (Å²) < 4.78 is 0.468. The van der Waals surface area contributed by atoms with E-state index in [1.54, 1.807) is 29.9 Å². The van der Waals surface area contributed by atoms with E-state index in [0.29, 0.717) is 28.7 Å². The molecule has 0 unspecified atom stereocenters. The molecular formula is C8H10ClN5O2S2. The standard InChI is InChI=1S/C8H10ClN5O2S2/c1-12-4-17-5-13(8(12)11-14(15)16)3-6-2-10-7(9)18-6/h2H,3-5H2,1H3/b11-8-. The number of rotatable bonds is 3. The van der Waals surface area contributed by atoms with Crippen molar-refractivity contribution < 1.29 is 5.03 Å². The minimum absolute atomic E-state index is 0.364. The smallest absolute Gasteiger partial charge is 0.275 e. The van der Waals surface area contributed by atoms with Crippen molar-refractivity contribution in [3.05, 3.63) is 25.7 Å².